The van der Waals surface area contributed by atoms with E-state index < -0.39 is 54.5 Å². The van der Waals surface area contributed by atoms with Crippen molar-refractivity contribution in [1.29, 1.82) is 0 Å². The molecule has 0 spiro atoms. The number of hydrogen-bond acceptors (Lipinski definition) is 6. The van der Waals surface area contributed by atoms with Crippen molar-refractivity contribution in [3.8, 4) is 0 Å². The number of pyridine rings is 1. The van der Waals surface area contributed by atoms with E-state index in [0.717, 1.165) is 6.07 Å². The molecule has 2 heterocycles. The number of carbonyl (C=O) groups is 5. The van der Waals surface area contributed by atoms with Crippen molar-refractivity contribution in [3.63, 3.8) is 0 Å². The molecule has 214 valence electrons. The maximum atomic E-state index is 13.3. The van der Waals surface area contributed by atoms with Crippen LogP contribution in [0.2, 0.25) is 5.02 Å². The summed E-state index contributed by atoms with van der Waals surface area (Å²) < 4.78 is 37.5. The number of hydrogen-bond donors (Lipinski definition) is 4. The molecule has 4 N–H and O–H groups in total. The number of carbonyl (C=O) groups excluding carboxylic acids is 5. The number of rotatable bonds is 11. The molecule has 0 unspecified atom stereocenters. The van der Waals surface area contributed by atoms with E-state index in [0.29, 0.717) is 12.0 Å². The normalized spacial score (nSPS) is 17.5. The molecule has 1 aliphatic rings. The van der Waals surface area contributed by atoms with Gasteiger partial charge in [0.15, 0.2) is 0 Å². The Balaban J connectivity index is 1.78. The second kappa shape index (κ2) is 13.4. The molecule has 14 heteroatoms. The number of benzene rings is 1. The van der Waals surface area contributed by atoms with Crippen LogP contribution < -0.4 is 21.3 Å². The van der Waals surface area contributed by atoms with Crippen molar-refractivity contribution >= 4 is 46.7 Å². The van der Waals surface area contributed by atoms with Crippen molar-refractivity contribution in [2.75, 3.05) is 5.32 Å². The third-order valence-corrected chi connectivity index (χ3v) is 6.34. The van der Waals surface area contributed by atoms with Crippen LogP contribution in [0, 0.1) is 5.92 Å². The molecular formula is C26H27ClF3N5O5. The zero-order valence-electron chi connectivity index (χ0n) is 21.3. The van der Waals surface area contributed by atoms with Crippen LogP contribution in [0.5, 0.6) is 0 Å². The SMILES string of the molecule is C[C@@H]1C[C@@H](C[C@H](NC(=O)c2cc(Cl)ccc2NC(=O)CCC(F)(F)F)C(=O)C(=O)NCc2ccncc2)C(=O)N1. The predicted molar refractivity (Wildman–Crippen MR) is 138 cm³/mol. The van der Waals surface area contributed by atoms with Crippen LogP contribution in [-0.4, -0.2) is 52.7 Å². The molecule has 1 aromatic heterocycles. The van der Waals surface area contributed by atoms with Gasteiger partial charge >= 0.3 is 6.18 Å². The summed E-state index contributed by atoms with van der Waals surface area (Å²) in [7, 11) is 0. The lowest BCUT2D eigenvalue weighted by Crippen LogP contribution is -2.48. The molecular weight excluding hydrogens is 555 g/mol. The van der Waals surface area contributed by atoms with Crippen molar-refractivity contribution in [2.24, 2.45) is 5.92 Å². The van der Waals surface area contributed by atoms with Gasteiger partial charge in [-0.1, -0.05) is 11.6 Å². The minimum absolute atomic E-state index is 0.0110. The Kier molecular flexibility index (Phi) is 10.2. The Morgan fingerprint density at radius 2 is 1.85 bits per heavy atom. The number of halogens is 4. The topological polar surface area (TPSA) is 146 Å². The van der Waals surface area contributed by atoms with E-state index in [1.165, 1.54) is 24.5 Å². The number of nitrogens with one attached hydrogen (secondary N) is 4. The molecule has 1 saturated heterocycles. The molecule has 40 heavy (non-hydrogen) atoms. The van der Waals surface area contributed by atoms with Gasteiger partial charge < -0.3 is 21.3 Å². The average molecular weight is 582 g/mol. The summed E-state index contributed by atoms with van der Waals surface area (Å²) in [6.07, 6.45) is -3.57. The second-order valence-electron chi connectivity index (χ2n) is 9.36. The van der Waals surface area contributed by atoms with E-state index in [2.05, 4.69) is 26.3 Å². The molecule has 1 fully saturated rings. The first-order valence-corrected chi connectivity index (χ1v) is 12.7. The maximum absolute atomic E-state index is 13.3. The average Bonchev–Trinajstić information content (AvgIpc) is 3.22. The minimum atomic E-state index is -4.55. The van der Waals surface area contributed by atoms with E-state index in [4.69, 9.17) is 11.6 Å². The third kappa shape index (κ3) is 9.04. The van der Waals surface area contributed by atoms with E-state index in [-0.39, 0.29) is 41.2 Å². The third-order valence-electron chi connectivity index (χ3n) is 6.10. The molecule has 2 aromatic rings. The van der Waals surface area contributed by atoms with Crippen LogP contribution in [-0.2, 0) is 25.7 Å². The highest BCUT2D eigenvalue weighted by molar-refractivity contribution is 6.38. The molecule has 0 saturated carbocycles. The Bertz CT molecular complexity index is 1280. The molecule has 1 aliphatic heterocycles. The molecule has 4 amide bonds. The summed E-state index contributed by atoms with van der Waals surface area (Å²) in [5, 5.41) is 9.95. The Morgan fingerprint density at radius 3 is 2.48 bits per heavy atom. The standard InChI is InChI=1S/C26H27ClF3N5O5/c1-14-10-16(23(38)33-14)11-20(22(37)25(40)32-13-15-5-8-31-9-6-15)35-24(39)18-12-17(27)2-3-19(18)34-21(36)4-7-26(28,29)30/h2-3,5-6,8-9,12,14,16,20H,4,7,10-11,13H2,1H3,(H,32,40)(H,33,38)(H,34,36)(H,35,39)/t14-,16+,20+/m1/s1. The Labute approximate surface area is 232 Å². The summed E-state index contributed by atoms with van der Waals surface area (Å²) in [6.45, 7) is 1.78. The van der Waals surface area contributed by atoms with Gasteiger partial charge in [0.25, 0.3) is 11.8 Å². The number of alkyl halides is 3. The van der Waals surface area contributed by atoms with Gasteiger partial charge in [0, 0.05) is 42.3 Å². The number of aromatic nitrogens is 1. The fraction of sp³-hybridized carbons (Fsp3) is 0.385. The maximum Gasteiger partial charge on any atom is 0.389 e. The summed E-state index contributed by atoms with van der Waals surface area (Å²) in [5.74, 6) is -4.93. The van der Waals surface area contributed by atoms with Gasteiger partial charge in [-0.05, 0) is 55.7 Å². The van der Waals surface area contributed by atoms with Gasteiger partial charge in [-0.3, -0.25) is 29.0 Å². The van der Waals surface area contributed by atoms with Gasteiger partial charge in [-0.15, -0.1) is 0 Å². The van der Waals surface area contributed by atoms with Gasteiger partial charge in [-0.25, -0.2) is 0 Å². The quantitative estimate of drug-likeness (QED) is 0.300. The van der Waals surface area contributed by atoms with Crippen LogP contribution in [0.4, 0.5) is 18.9 Å². The highest BCUT2D eigenvalue weighted by Crippen LogP contribution is 2.25. The van der Waals surface area contributed by atoms with E-state index in [1.807, 2.05) is 0 Å². The number of anilines is 1. The molecule has 0 bridgehead atoms. The number of ketones is 1. The van der Waals surface area contributed by atoms with Crippen molar-refractivity contribution in [1.82, 2.24) is 20.9 Å². The van der Waals surface area contributed by atoms with Gasteiger partial charge in [0.2, 0.25) is 17.6 Å². The van der Waals surface area contributed by atoms with Crippen LogP contribution in [0.1, 0.15) is 48.5 Å². The lowest BCUT2D eigenvalue weighted by Gasteiger charge is -2.21. The summed E-state index contributed by atoms with van der Waals surface area (Å²) in [4.78, 5) is 67.4. The van der Waals surface area contributed by atoms with Crippen LogP contribution >= 0.6 is 11.6 Å². The number of Topliss-reactive ketones (excluding diaryl/α,β-unsaturated/α-hetero) is 1. The monoisotopic (exact) mass is 581 g/mol. The van der Waals surface area contributed by atoms with Gasteiger partial charge in [-0.2, -0.15) is 13.2 Å². The smallest absolute Gasteiger partial charge is 0.353 e. The molecule has 0 aliphatic carbocycles. The van der Waals surface area contributed by atoms with E-state index in [1.54, 1.807) is 19.1 Å². The fourth-order valence-corrected chi connectivity index (χ4v) is 4.29. The zero-order chi connectivity index (χ0) is 29.4. The van der Waals surface area contributed by atoms with Crippen molar-refractivity contribution in [2.45, 2.75) is 57.4 Å². The van der Waals surface area contributed by atoms with Gasteiger partial charge in [0.1, 0.15) is 0 Å². The van der Waals surface area contributed by atoms with Crippen molar-refractivity contribution in [3.05, 3.63) is 58.9 Å². The summed E-state index contributed by atoms with van der Waals surface area (Å²) in [5.41, 5.74) is 0.285. The van der Waals surface area contributed by atoms with Crippen LogP contribution in [0.3, 0.4) is 0 Å². The number of amides is 4. The molecule has 1 aromatic carbocycles. The Morgan fingerprint density at radius 1 is 1.15 bits per heavy atom. The first-order valence-electron chi connectivity index (χ1n) is 12.3. The summed E-state index contributed by atoms with van der Waals surface area (Å²) >= 11 is 6.01. The van der Waals surface area contributed by atoms with E-state index >= 15 is 0 Å². The molecule has 10 nitrogen and oxygen atoms in total. The lowest BCUT2D eigenvalue weighted by molar-refractivity contribution is -0.142. The summed E-state index contributed by atoms with van der Waals surface area (Å²) in [6, 6.07) is 5.38. The van der Waals surface area contributed by atoms with Crippen LogP contribution in [0.25, 0.3) is 0 Å². The predicted octanol–water partition coefficient (Wildman–Crippen LogP) is 2.91. The highest BCUT2D eigenvalue weighted by Gasteiger charge is 2.36. The Hall–Kier alpha value is -4.00. The molecule has 3 atom stereocenters. The van der Waals surface area contributed by atoms with Gasteiger partial charge in [0.05, 0.1) is 23.7 Å². The minimum Gasteiger partial charge on any atom is -0.353 e. The van der Waals surface area contributed by atoms with Crippen LogP contribution in [0.15, 0.2) is 42.7 Å². The zero-order valence-corrected chi connectivity index (χ0v) is 22.1. The first-order chi connectivity index (χ1) is 18.8. The largest absolute Gasteiger partial charge is 0.389 e. The van der Waals surface area contributed by atoms with E-state index in [9.17, 15) is 37.1 Å². The first kappa shape index (κ1) is 30.5. The van der Waals surface area contributed by atoms with Crippen molar-refractivity contribution < 1.29 is 37.1 Å². The molecule has 0 radical (unpaired) electrons. The fourth-order valence-electron chi connectivity index (χ4n) is 4.12. The molecule has 3 rings (SSSR count). The highest BCUT2D eigenvalue weighted by atomic mass is 35.5. The lowest BCUT2D eigenvalue weighted by atomic mass is 9.93. The second-order valence-corrected chi connectivity index (χ2v) is 9.80. The number of nitrogens with zero attached hydrogens (tertiary/aromatic N) is 1.